The summed E-state index contributed by atoms with van der Waals surface area (Å²) in [6, 6.07) is 22.0. The molecule has 3 aliphatic heterocycles. The number of carbonyl (C=O) groups excluding carboxylic acids is 3. The van der Waals surface area contributed by atoms with E-state index in [1.165, 1.54) is 17.0 Å². The van der Waals surface area contributed by atoms with E-state index in [4.69, 9.17) is 0 Å². The van der Waals surface area contributed by atoms with Crippen LogP contribution < -0.4 is 21.1 Å². The topological polar surface area (TPSA) is 140 Å². The van der Waals surface area contributed by atoms with Crippen molar-refractivity contribution in [3.8, 4) is 11.3 Å². The Morgan fingerprint density at radius 2 is 1.56 bits per heavy atom. The van der Waals surface area contributed by atoms with E-state index in [0.717, 1.165) is 25.7 Å². The molecule has 0 spiro atoms. The number of para-hydroxylation sites is 1. The summed E-state index contributed by atoms with van der Waals surface area (Å²) in [7, 11) is 0. The van der Waals surface area contributed by atoms with E-state index in [9.17, 15) is 19.2 Å². The first-order valence-corrected chi connectivity index (χ1v) is 16.1. The van der Waals surface area contributed by atoms with Gasteiger partial charge in [-0.3, -0.25) is 19.3 Å². The molecule has 2 bridgehead atoms. The highest BCUT2D eigenvalue weighted by atomic mass is 19.1. The largest absolute Gasteiger partial charge is 0.341 e. The number of nitrogens with one attached hydrogen (secondary N) is 3. The van der Waals surface area contributed by atoms with Gasteiger partial charge in [-0.25, -0.2) is 19.3 Å². The highest BCUT2D eigenvalue weighted by molar-refractivity contribution is 6.21. The molecule has 4 heterocycles. The standard InChI is InChI=1S/C36H34FN7O4/c37-28-10-3-1-8-26(28)33-27-9-2-4-11-30(27)44(21-32(46)43-19-22-12-13-23(20-43)15-14-22)35(47)34(39-33)40-36(48)38-25-7-5-6-24(18-25)29-16-17-31(45)42-41-29/h1-11,16-18,22-23,34H,12-15,19-21H2,(H,42,45)(H2,38,40,48). The van der Waals surface area contributed by atoms with Crippen molar-refractivity contribution >= 4 is 34.9 Å². The van der Waals surface area contributed by atoms with Crippen LogP contribution in [-0.2, 0) is 9.59 Å². The third-order valence-electron chi connectivity index (χ3n) is 9.27. The van der Waals surface area contributed by atoms with Crippen LogP contribution in [0.25, 0.3) is 11.3 Å². The molecule has 3 N–H and O–H groups in total. The van der Waals surface area contributed by atoms with Crippen molar-refractivity contribution in [1.29, 1.82) is 0 Å². The molecule has 1 saturated carbocycles. The monoisotopic (exact) mass is 647 g/mol. The Morgan fingerprint density at radius 1 is 0.854 bits per heavy atom. The maximum Gasteiger partial charge on any atom is 0.321 e. The van der Waals surface area contributed by atoms with Crippen LogP contribution in [0.3, 0.4) is 0 Å². The van der Waals surface area contributed by atoms with E-state index in [0.29, 0.717) is 53.1 Å². The highest BCUT2D eigenvalue weighted by Gasteiger charge is 2.37. The minimum atomic E-state index is -1.48. The van der Waals surface area contributed by atoms with Gasteiger partial charge in [-0.15, -0.1) is 0 Å². The van der Waals surface area contributed by atoms with Gasteiger partial charge in [0.05, 0.1) is 17.1 Å². The Hall–Kier alpha value is -5.65. The van der Waals surface area contributed by atoms with Crippen LogP contribution in [0.2, 0.25) is 0 Å². The molecule has 1 unspecified atom stereocenters. The van der Waals surface area contributed by atoms with Crippen molar-refractivity contribution < 1.29 is 18.8 Å². The van der Waals surface area contributed by atoms with Gasteiger partial charge in [-0.05, 0) is 73.9 Å². The summed E-state index contributed by atoms with van der Waals surface area (Å²) >= 11 is 0. The van der Waals surface area contributed by atoms with Gasteiger partial charge in [-0.2, -0.15) is 5.10 Å². The first kappa shape index (κ1) is 31.0. The lowest BCUT2D eigenvalue weighted by Crippen LogP contribution is -2.51. The number of hydrogen-bond donors (Lipinski definition) is 3. The normalized spacial score (nSPS) is 20.3. The smallest absolute Gasteiger partial charge is 0.321 e. The molecule has 48 heavy (non-hydrogen) atoms. The fourth-order valence-corrected chi connectivity index (χ4v) is 6.84. The van der Waals surface area contributed by atoms with Crippen molar-refractivity contribution in [2.75, 3.05) is 29.9 Å². The number of fused-ring (bicyclic) bond motifs is 5. The molecule has 11 nitrogen and oxygen atoms in total. The van der Waals surface area contributed by atoms with Gasteiger partial charge in [0.15, 0.2) is 0 Å². The maximum atomic E-state index is 15.3. The average Bonchev–Trinajstić information content (AvgIpc) is 3.48. The Kier molecular flexibility index (Phi) is 8.53. The summed E-state index contributed by atoms with van der Waals surface area (Å²) in [5.41, 5.74) is 2.38. The second-order valence-electron chi connectivity index (χ2n) is 12.5. The van der Waals surface area contributed by atoms with Gasteiger partial charge in [0, 0.05) is 41.5 Å². The molecule has 1 aromatic heterocycles. The number of aromatic nitrogens is 2. The van der Waals surface area contributed by atoms with Crippen LogP contribution in [0.15, 0.2) is 94.7 Å². The van der Waals surface area contributed by atoms with Crippen molar-refractivity contribution in [3.05, 3.63) is 112 Å². The fourth-order valence-electron chi connectivity index (χ4n) is 6.84. The number of carbonyl (C=O) groups is 3. The predicted octanol–water partition coefficient (Wildman–Crippen LogP) is 4.56. The van der Waals surface area contributed by atoms with Crippen LogP contribution in [0.5, 0.6) is 0 Å². The third-order valence-corrected chi connectivity index (χ3v) is 9.27. The zero-order valence-corrected chi connectivity index (χ0v) is 26.1. The number of hydrogen-bond acceptors (Lipinski definition) is 6. The third kappa shape index (κ3) is 6.46. The van der Waals surface area contributed by atoms with Gasteiger partial charge in [0.2, 0.25) is 12.1 Å². The van der Waals surface area contributed by atoms with Crippen LogP contribution in [0, 0.1) is 17.7 Å². The zero-order chi connectivity index (χ0) is 33.2. The van der Waals surface area contributed by atoms with E-state index in [1.807, 2.05) is 4.90 Å². The lowest BCUT2D eigenvalue weighted by Gasteiger charge is -2.29. The number of aliphatic imine (C=N–C) groups is 1. The van der Waals surface area contributed by atoms with Gasteiger partial charge in [-0.1, -0.05) is 42.5 Å². The van der Waals surface area contributed by atoms with Crippen molar-refractivity contribution in [1.82, 2.24) is 20.4 Å². The first-order valence-electron chi connectivity index (χ1n) is 16.1. The van der Waals surface area contributed by atoms with E-state index in [2.05, 4.69) is 25.8 Å². The Balaban J connectivity index is 1.20. The molecule has 2 saturated heterocycles. The second kappa shape index (κ2) is 13.2. The van der Waals surface area contributed by atoms with Crippen molar-refractivity contribution in [2.24, 2.45) is 16.8 Å². The number of amides is 4. The van der Waals surface area contributed by atoms with Crippen molar-refractivity contribution in [2.45, 2.75) is 31.8 Å². The van der Waals surface area contributed by atoms with Crippen molar-refractivity contribution in [3.63, 3.8) is 0 Å². The van der Waals surface area contributed by atoms with E-state index in [-0.39, 0.29) is 29.3 Å². The molecule has 4 aromatic rings. The van der Waals surface area contributed by atoms with E-state index < -0.39 is 23.9 Å². The van der Waals surface area contributed by atoms with Gasteiger partial charge in [0.1, 0.15) is 12.4 Å². The lowest BCUT2D eigenvalue weighted by atomic mass is 9.84. The van der Waals surface area contributed by atoms with E-state index >= 15 is 4.39 Å². The second-order valence-corrected chi connectivity index (χ2v) is 12.5. The molecule has 12 heteroatoms. The van der Waals surface area contributed by atoms with Gasteiger partial charge in [0.25, 0.3) is 11.5 Å². The zero-order valence-electron chi connectivity index (χ0n) is 26.1. The number of benzodiazepines with no additional fused rings is 1. The average molecular weight is 648 g/mol. The summed E-state index contributed by atoms with van der Waals surface area (Å²) < 4.78 is 15.3. The molecular formula is C36H34FN7O4. The molecule has 244 valence electrons. The molecule has 4 amide bonds. The number of halogens is 1. The molecule has 1 aliphatic carbocycles. The summed E-state index contributed by atoms with van der Waals surface area (Å²) in [5.74, 6) is -0.442. The Morgan fingerprint density at radius 3 is 2.27 bits per heavy atom. The Bertz CT molecular complexity index is 1940. The first-order chi connectivity index (χ1) is 23.3. The molecule has 3 fully saturated rings. The number of urea groups is 1. The number of H-pyrrole nitrogens is 1. The minimum absolute atomic E-state index is 0.156. The predicted molar refractivity (Wildman–Crippen MR) is 179 cm³/mol. The molecular weight excluding hydrogens is 613 g/mol. The van der Waals surface area contributed by atoms with Gasteiger partial charge < -0.3 is 15.5 Å². The summed E-state index contributed by atoms with van der Waals surface area (Å²) in [5, 5.41) is 11.8. The molecule has 1 atom stereocenters. The minimum Gasteiger partial charge on any atom is -0.341 e. The number of benzene rings is 3. The van der Waals surface area contributed by atoms with Crippen LogP contribution >= 0.6 is 0 Å². The van der Waals surface area contributed by atoms with Gasteiger partial charge >= 0.3 is 6.03 Å². The lowest BCUT2D eigenvalue weighted by molar-refractivity contribution is -0.132. The number of aromatic amines is 1. The fraction of sp³-hybridized carbons (Fsp3) is 0.278. The van der Waals surface area contributed by atoms with Crippen LogP contribution in [0.1, 0.15) is 36.8 Å². The summed E-state index contributed by atoms with van der Waals surface area (Å²) in [4.78, 5) is 60.9. The molecule has 3 aromatic carbocycles. The number of anilines is 2. The molecule has 4 aliphatic rings. The highest BCUT2D eigenvalue weighted by Crippen LogP contribution is 2.35. The summed E-state index contributed by atoms with van der Waals surface area (Å²) in [6.45, 7) is 1.07. The number of nitrogens with zero attached hydrogens (tertiary/aromatic N) is 4. The Labute approximate surface area is 275 Å². The maximum absolute atomic E-state index is 15.3. The van der Waals surface area contributed by atoms with E-state index in [1.54, 1.807) is 72.8 Å². The van der Waals surface area contributed by atoms with Crippen LogP contribution in [-0.4, -0.2) is 64.5 Å². The van der Waals surface area contributed by atoms with Crippen LogP contribution in [0.4, 0.5) is 20.6 Å². The quantitative estimate of drug-likeness (QED) is 0.282. The SMILES string of the molecule is O=C(Nc1cccc(-c2ccc(=O)[nH]n2)c1)NC1N=C(c2ccccc2F)c2ccccc2N(CC(=O)N2CC3CCC(CC3)C2)C1=O. The molecule has 0 radical (unpaired) electrons. The summed E-state index contributed by atoms with van der Waals surface area (Å²) in [6.07, 6.45) is 2.93. The number of rotatable bonds is 6. The molecule has 8 rings (SSSR count).